The molecule has 2 aromatic rings. The molecule has 2 amide bonds. The molecule has 6 nitrogen and oxygen atoms in total. The Morgan fingerprint density at radius 2 is 1.51 bits per heavy atom. The van der Waals surface area contributed by atoms with Gasteiger partial charge in [0.1, 0.15) is 17.3 Å². The monoisotopic (exact) mass is 527 g/mol. The lowest BCUT2D eigenvalue weighted by Gasteiger charge is -2.65. The minimum Gasteiger partial charge on any atom is -0.463 e. The van der Waals surface area contributed by atoms with Crippen molar-refractivity contribution in [2.45, 2.75) is 41.3 Å². The molecule has 0 saturated heterocycles. The zero-order valence-corrected chi connectivity index (χ0v) is 21.5. The SMILES string of the molecule is [B]C([B])([B])C(CC(=O)Nc1nc2c(cc1Cl)N(Cc1cc(F)cc(F)c1)C(=O)C(C)O2)(C([B])([B])[B])C([B])([B])[B]. The van der Waals surface area contributed by atoms with E-state index in [1.807, 2.05) is 0 Å². The number of halogens is 3. The standard InChI is InChI=1S/C21H13B9ClF2N3O3/c1-8-17(38)36(7-9-2-10(32)4-11(33)3-9)13-5-12(31)15(35-16(13)39-8)34-14(37)6-18(19(22,23)24,20(25,26)27)21(28,29)30/h2-5,8H,6-7H2,1H3,(H,34,35,37). The van der Waals surface area contributed by atoms with Crippen molar-refractivity contribution < 1.29 is 23.1 Å². The lowest BCUT2D eigenvalue weighted by atomic mass is 9.09. The van der Waals surface area contributed by atoms with Crippen LogP contribution in [0.25, 0.3) is 0 Å². The molecule has 18 heteroatoms. The summed E-state index contributed by atoms with van der Waals surface area (Å²) in [5, 5.41) is -5.21. The smallest absolute Gasteiger partial charge is 0.268 e. The third-order valence-electron chi connectivity index (χ3n) is 6.28. The molecule has 0 saturated carbocycles. The van der Waals surface area contributed by atoms with Gasteiger partial charge in [-0.3, -0.25) is 14.5 Å². The van der Waals surface area contributed by atoms with Crippen molar-refractivity contribution in [3.8, 4) is 5.88 Å². The Morgan fingerprint density at radius 3 is 2.00 bits per heavy atom. The molecule has 1 aromatic carbocycles. The zero-order chi connectivity index (χ0) is 29.7. The van der Waals surface area contributed by atoms with Crippen LogP contribution in [0.4, 0.5) is 20.3 Å². The Hall–Kier alpha value is -2.16. The van der Waals surface area contributed by atoms with Gasteiger partial charge < -0.3 is 10.1 Å². The highest BCUT2D eigenvalue weighted by Crippen LogP contribution is 2.63. The van der Waals surface area contributed by atoms with Crippen molar-refractivity contribution in [3.63, 3.8) is 0 Å². The summed E-state index contributed by atoms with van der Waals surface area (Å²) in [7, 11) is 52.4. The van der Waals surface area contributed by atoms with Crippen molar-refractivity contribution in [1.29, 1.82) is 0 Å². The highest BCUT2D eigenvalue weighted by Gasteiger charge is 2.54. The van der Waals surface area contributed by atoms with Crippen molar-refractivity contribution in [1.82, 2.24) is 4.98 Å². The van der Waals surface area contributed by atoms with Gasteiger partial charge in [0.25, 0.3) is 5.91 Å². The number of nitrogens with one attached hydrogen (secondary N) is 1. The van der Waals surface area contributed by atoms with Crippen LogP contribution in [0.3, 0.4) is 0 Å². The summed E-state index contributed by atoms with van der Waals surface area (Å²) in [5.41, 5.74) is -2.19. The molecule has 39 heavy (non-hydrogen) atoms. The molecular formula is C21H13B9ClF2N3O3. The summed E-state index contributed by atoms with van der Waals surface area (Å²) < 4.78 is 33.0. The Morgan fingerprint density at radius 1 is 1.00 bits per heavy atom. The fourth-order valence-electron chi connectivity index (χ4n) is 4.44. The topological polar surface area (TPSA) is 71.5 Å². The predicted octanol–water partition coefficient (Wildman–Crippen LogP) is 0.380. The third kappa shape index (κ3) is 6.13. The first-order chi connectivity index (χ1) is 17.7. The van der Waals surface area contributed by atoms with Crippen LogP contribution in [0, 0.1) is 17.0 Å². The molecule has 178 valence electrons. The number of ether oxygens (including phenoxy) is 1. The first-order valence-electron chi connectivity index (χ1n) is 11.2. The second-order valence-corrected chi connectivity index (χ2v) is 9.94. The number of carbonyl (C=O) groups excluding carboxylic acids is 2. The molecule has 0 aliphatic carbocycles. The molecule has 0 fully saturated rings. The molecule has 2 heterocycles. The number of benzene rings is 1. The average molecular weight is 526 g/mol. The van der Waals surface area contributed by atoms with Gasteiger partial charge in [-0.05, 0) is 30.7 Å². The van der Waals surface area contributed by atoms with E-state index in [9.17, 15) is 18.4 Å². The van der Waals surface area contributed by atoms with Crippen LogP contribution in [0.15, 0.2) is 24.3 Å². The Kier molecular flexibility index (Phi) is 8.59. The maximum atomic E-state index is 13.7. The Labute approximate surface area is 242 Å². The molecule has 0 spiro atoms. The number of pyridine rings is 1. The maximum absolute atomic E-state index is 13.7. The molecule has 1 N–H and O–H groups in total. The van der Waals surface area contributed by atoms with Gasteiger partial charge in [-0.2, -0.15) is 4.98 Å². The number of fused-ring (bicyclic) bond motifs is 1. The summed E-state index contributed by atoms with van der Waals surface area (Å²) in [5.74, 6) is -3.53. The average Bonchev–Trinajstić information content (AvgIpc) is 2.73. The van der Waals surface area contributed by atoms with E-state index in [-0.39, 0.29) is 34.5 Å². The maximum Gasteiger partial charge on any atom is 0.268 e. The van der Waals surface area contributed by atoms with Gasteiger partial charge in [-0.1, -0.05) is 17.0 Å². The van der Waals surface area contributed by atoms with E-state index in [0.717, 1.165) is 12.1 Å². The molecule has 1 aromatic heterocycles. The molecule has 1 aliphatic rings. The van der Waals surface area contributed by atoms with Gasteiger partial charge in [-0.25, -0.2) is 8.78 Å². The van der Waals surface area contributed by atoms with Crippen molar-refractivity contribution in [2.75, 3.05) is 10.2 Å². The zero-order valence-electron chi connectivity index (χ0n) is 20.8. The van der Waals surface area contributed by atoms with E-state index in [0.29, 0.717) is 6.07 Å². The van der Waals surface area contributed by atoms with Crippen LogP contribution in [0.2, 0.25) is 20.4 Å². The van der Waals surface area contributed by atoms with Crippen molar-refractivity contribution in [2.24, 2.45) is 5.41 Å². The fraction of sp³-hybridized carbons (Fsp3) is 0.381. The number of nitrogens with zero attached hydrogens (tertiary/aromatic N) is 2. The number of aromatic nitrogens is 1. The van der Waals surface area contributed by atoms with Crippen LogP contribution in [0.1, 0.15) is 18.9 Å². The molecule has 18 radical (unpaired) electrons. The van der Waals surface area contributed by atoms with Crippen LogP contribution in [-0.4, -0.2) is 93.5 Å². The van der Waals surface area contributed by atoms with E-state index in [4.69, 9.17) is 87.0 Å². The number of rotatable bonds is 8. The molecule has 1 unspecified atom stereocenters. The predicted molar refractivity (Wildman–Crippen MR) is 152 cm³/mol. The number of amides is 2. The van der Waals surface area contributed by atoms with Crippen LogP contribution in [-0.2, 0) is 16.1 Å². The normalized spacial score (nSPS) is 16.4. The molecule has 1 atom stereocenters. The first-order valence-corrected chi connectivity index (χ1v) is 11.6. The summed E-state index contributed by atoms with van der Waals surface area (Å²) in [6.07, 6.45) is -1.95. The van der Waals surface area contributed by atoms with Crippen molar-refractivity contribution in [3.05, 3.63) is 46.5 Å². The van der Waals surface area contributed by atoms with Crippen LogP contribution >= 0.6 is 11.6 Å². The van der Waals surface area contributed by atoms with E-state index >= 15 is 0 Å². The number of hydrogen-bond acceptors (Lipinski definition) is 4. The minimum absolute atomic E-state index is 0.0692. The van der Waals surface area contributed by atoms with E-state index < -0.39 is 56.7 Å². The molecular weight excluding hydrogens is 513 g/mol. The first kappa shape index (κ1) is 31.4. The number of carbonyl (C=O) groups is 2. The van der Waals surface area contributed by atoms with Gasteiger partial charge in [0, 0.05) is 12.5 Å². The summed E-state index contributed by atoms with van der Waals surface area (Å²) in [6.45, 7) is 1.20. The van der Waals surface area contributed by atoms with Crippen molar-refractivity contribution >= 4 is 106 Å². The van der Waals surface area contributed by atoms with E-state index in [2.05, 4.69) is 10.3 Å². The quantitative estimate of drug-likeness (QED) is 0.506. The largest absolute Gasteiger partial charge is 0.463 e. The molecule has 1 aliphatic heterocycles. The minimum atomic E-state index is -2.47. The second kappa shape index (κ2) is 10.7. The van der Waals surface area contributed by atoms with Gasteiger partial charge in [0.15, 0.2) is 11.9 Å². The van der Waals surface area contributed by atoms with Crippen LogP contribution < -0.4 is 15.0 Å². The molecule has 3 rings (SSSR count). The van der Waals surface area contributed by atoms with E-state index in [1.165, 1.54) is 17.9 Å². The highest BCUT2D eigenvalue weighted by atomic mass is 35.5. The summed E-state index contributed by atoms with van der Waals surface area (Å²) in [6, 6.07) is 4.08. The van der Waals surface area contributed by atoms with Gasteiger partial charge in [0.2, 0.25) is 11.8 Å². The third-order valence-corrected chi connectivity index (χ3v) is 6.57. The van der Waals surface area contributed by atoms with Gasteiger partial charge in [-0.15, -0.1) is 15.3 Å². The molecule has 0 bridgehead atoms. The van der Waals surface area contributed by atoms with Crippen LogP contribution in [0.5, 0.6) is 5.88 Å². The van der Waals surface area contributed by atoms with Gasteiger partial charge in [0.05, 0.1) is 82.2 Å². The summed E-state index contributed by atoms with van der Waals surface area (Å²) >= 11 is 6.34. The van der Waals surface area contributed by atoms with E-state index in [1.54, 1.807) is 0 Å². The lowest BCUT2D eigenvalue weighted by molar-refractivity contribution is -0.126. The number of anilines is 2. The number of hydrogen-bond donors (Lipinski definition) is 1. The Bertz CT molecular complexity index is 1250. The second-order valence-electron chi connectivity index (χ2n) is 9.53. The summed E-state index contributed by atoms with van der Waals surface area (Å²) in [4.78, 5) is 31.3. The fourth-order valence-corrected chi connectivity index (χ4v) is 4.63. The van der Waals surface area contributed by atoms with Gasteiger partial charge >= 0.3 is 0 Å². The highest BCUT2D eigenvalue weighted by molar-refractivity contribution is 6.69. The lowest BCUT2D eigenvalue weighted by Crippen LogP contribution is -2.58. The Balaban J connectivity index is 1.97.